The third kappa shape index (κ3) is 3.87. The number of benzene rings is 1. The lowest BCUT2D eigenvalue weighted by Crippen LogP contribution is -2.46. The van der Waals surface area contributed by atoms with E-state index < -0.39 is 11.7 Å². The van der Waals surface area contributed by atoms with Gasteiger partial charge in [0.05, 0.1) is 18.7 Å². The minimum Gasteiger partial charge on any atom is -0.481 e. The Kier molecular flexibility index (Phi) is 4.85. The summed E-state index contributed by atoms with van der Waals surface area (Å²) in [6.45, 7) is 2.27. The van der Waals surface area contributed by atoms with E-state index in [1.807, 2.05) is 19.2 Å². The highest BCUT2D eigenvalue weighted by molar-refractivity contribution is 5.49. The number of ether oxygens (including phenoxy) is 1. The molecule has 1 aliphatic rings. The molecule has 1 aromatic heterocycles. The maximum Gasteiger partial charge on any atom is 0.416 e. The fourth-order valence-corrected chi connectivity index (χ4v) is 3.07. The lowest BCUT2D eigenvalue weighted by Gasteiger charge is -2.41. The highest BCUT2D eigenvalue weighted by Gasteiger charge is 2.31. The minimum atomic E-state index is -4.31. The van der Waals surface area contributed by atoms with Crippen molar-refractivity contribution in [1.82, 2.24) is 9.88 Å². The van der Waals surface area contributed by atoms with Crippen LogP contribution in [0.5, 0.6) is 5.88 Å². The quantitative estimate of drug-likeness (QED) is 0.845. The maximum absolute atomic E-state index is 12.7. The van der Waals surface area contributed by atoms with Crippen LogP contribution in [0.3, 0.4) is 0 Å². The number of pyridine rings is 1. The topological polar surface area (TPSA) is 28.6 Å². The second-order valence-electron chi connectivity index (χ2n) is 6.12. The van der Waals surface area contributed by atoms with Crippen LogP contribution < -0.4 is 9.64 Å². The average molecular weight is 351 g/mol. The first kappa shape index (κ1) is 17.5. The molecule has 1 aromatic carbocycles. The Bertz CT molecular complexity index is 718. The predicted molar refractivity (Wildman–Crippen MR) is 89.8 cm³/mol. The zero-order chi connectivity index (χ0) is 18.0. The van der Waals surface area contributed by atoms with E-state index in [2.05, 4.69) is 14.8 Å². The molecule has 4 nitrogen and oxygen atoms in total. The molecular weight excluding hydrogens is 331 g/mol. The van der Waals surface area contributed by atoms with Crippen molar-refractivity contribution in [3.63, 3.8) is 0 Å². The number of aromatic nitrogens is 1. The molecule has 0 N–H and O–H groups in total. The van der Waals surface area contributed by atoms with E-state index in [1.165, 1.54) is 0 Å². The first-order valence-electron chi connectivity index (χ1n) is 8.01. The lowest BCUT2D eigenvalue weighted by molar-refractivity contribution is -0.137. The van der Waals surface area contributed by atoms with Gasteiger partial charge in [0.25, 0.3) is 0 Å². The van der Waals surface area contributed by atoms with Crippen molar-refractivity contribution in [3.05, 3.63) is 53.7 Å². The van der Waals surface area contributed by atoms with Crippen molar-refractivity contribution < 1.29 is 17.9 Å². The van der Waals surface area contributed by atoms with Gasteiger partial charge in [-0.1, -0.05) is 0 Å². The third-order valence-electron chi connectivity index (χ3n) is 4.56. The van der Waals surface area contributed by atoms with Crippen molar-refractivity contribution in [3.8, 4) is 5.88 Å². The Hall–Kier alpha value is -2.28. The second-order valence-corrected chi connectivity index (χ2v) is 6.12. The Morgan fingerprint density at radius 2 is 1.84 bits per heavy atom. The average Bonchev–Trinajstić information content (AvgIpc) is 2.61. The summed E-state index contributed by atoms with van der Waals surface area (Å²) in [5.74, 6) is 0.553. The summed E-state index contributed by atoms with van der Waals surface area (Å²) in [5.41, 5.74) is 1.25. The van der Waals surface area contributed by atoms with Gasteiger partial charge in [-0.3, -0.25) is 4.90 Å². The van der Waals surface area contributed by atoms with Gasteiger partial charge in [-0.05, 0) is 42.9 Å². The Balaban J connectivity index is 1.80. The van der Waals surface area contributed by atoms with Crippen LogP contribution in [0.1, 0.15) is 17.2 Å². The summed E-state index contributed by atoms with van der Waals surface area (Å²) in [6.07, 6.45) is -2.60. The molecule has 0 spiro atoms. The number of hydrogen-bond acceptors (Lipinski definition) is 4. The number of hydrogen-bond donors (Lipinski definition) is 0. The van der Waals surface area contributed by atoms with E-state index in [0.717, 1.165) is 36.5 Å². The van der Waals surface area contributed by atoms with Crippen molar-refractivity contribution >= 4 is 5.69 Å². The van der Waals surface area contributed by atoms with E-state index in [-0.39, 0.29) is 6.04 Å². The second kappa shape index (κ2) is 6.92. The summed E-state index contributed by atoms with van der Waals surface area (Å²) < 4.78 is 43.4. The van der Waals surface area contributed by atoms with Crippen molar-refractivity contribution in [1.29, 1.82) is 0 Å². The molecule has 1 atom stereocenters. The predicted octanol–water partition coefficient (Wildman–Crippen LogP) is 3.60. The van der Waals surface area contributed by atoms with Crippen LogP contribution in [-0.4, -0.2) is 43.7 Å². The van der Waals surface area contributed by atoms with Gasteiger partial charge in [-0.15, -0.1) is 0 Å². The molecule has 2 aromatic rings. The van der Waals surface area contributed by atoms with Gasteiger partial charge in [0.1, 0.15) is 0 Å². The monoisotopic (exact) mass is 351 g/mol. The van der Waals surface area contributed by atoms with Gasteiger partial charge in [0, 0.05) is 37.6 Å². The first-order chi connectivity index (χ1) is 11.9. The SMILES string of the molecule is COc1cc(C2CN(c3ccc(C(F)(F)F)cc3)CCN2C)ccn1. The minimum absolute atomic E-state index is 0.118. The van der Waals surface area contributed by atoms with E-state index in [0.29, 0.717) is 12.4 Å². The number of piperazine rings is 1. The molecule has 0 radical (unpaired) electrons. The van der Waals surface area contributed by atoms with Gasteiger partial charge in [0.15, 0.2) is 0 Å². The lowest BCUT2D eigenvalue weighted by atomic mass is 10.0. The Morgan fingerprint density at radius 3 is 2.48 bits per heavy atom. The maximum atomic E-state index is 12.7. The fraction of sp³-hybridized carbons (Fsp3) is 0.389. The smallest absolute Gasteiger partial charge is 0.416 e. The van der Waals surface area contributed by atoms with E-state index >= 15 is 0 Å². The number of halogens is 3. The number of alkyl halides is 3. The highest BCUT2D eigenvalue weighted by atomic mass is 19.4. The summed E-state index contributed by atoms with van der Waals surface area (Å²) >= 11 is 0. The number of methoxy groups -OCH3 is 1. The van der Waals surface area contributed by atoms with Crippen LogP contribution in [0.25, 0.3) is 0 Å². The van der Waals surface area contributed by atoms with Crippen LogP contribution in [0.15, 0.2) is 42.6 Å². The molecule has 1 unspecified atom stereocenters. The van der Waals surface area contributed by atoms with Crippen molar-refractivity contribution in [2.24, 2.45) is 0 Å². The molecular formula is C18H20F3N3O. The summed E-state index contributed by atoms with van der Waals surface area (Å²) in [4.78, 5) is 8.47. The van der Waals surface area contributed by atoms with Gasteiger partial charge >= 0.3 is 6.18 Å². The Morgan fingerprint density at radius 1 is 1.12 bits per heavy atom. The molecule has 134 valence electrons. The van der Waals surface area contributed by atoms with E-state index in [4.69, 9.17) is 4.74 Å². The molecule has 2 heterocycles. The van der Waals surface area contributed by atoms with Crippen LogP contribution >= 0.6 is 0 Å². The van der Waals surface area contributed by atoms with Crippen LogP contribution in [0.2, 0.25) is 0 Å². The summed E-state index contributed by atoms with van der Waals surface area (Å²) in [7, 11) is 3.62. The summed E-state index contributed by atoms with van der Waals surface area (Å²) in [5, 5.41) is 0. The fourth-order valence-electron chi connectivity index (χ4n) is 3.07. The molecule has 1 fully saturated rings. The highest BCUT2D eigenvalue weighted by Crippen LogP contribution is 2.32. The van der Waals surface area contributed by atoms with E-state index in [1.54, 1.807) is 25.4 Å². The number of rotatable bonds is 3. The zero-order valence-corrected chi connectivity index (χ0v) is 14.1. The number of anilines is 1. The van der Waals surface area contributed by atoms with Crippen molar-refractivity contribution in [2.75, 3.05) is 38.7 Å². The molecule has 1 saturated heterocycles. The molecule has 1 aliphatic heterocycles. The first-order valence-corrected chi connectivity index (χ1v) is 8.01. The molecule has 0 aliphatic carbocycles. The molecule has 7 heteroatoms. The largest absolute Gasteiger partial charge is 0.481 e. The third-order valence-corrected chi connectivity index (χ3v) is 4.56. The van der Waals surface area contributed by atoms with E-state index in [9.17, 15) is 13.2 Å². The van der Waals surface area contributed by atoms with Crippen molar-refractivity contribution in [2.45, 2.75) is 12.2 Å². The molecule has 25 heavy (non-hydrogen) atoms. The van der Waals surface area contributed by atoms with Gasteiger partial charge < -0.3 is 9.64 Å². The van der Waals surface area contributed by atoms with Gasteiger partial charge in [-0.25, -0.2) is 4.98 Å². The number of nitrogens with zero attached hydrogens (tertiary/aromatic N) is 3. The normalized spacial score (nSPS) is 19.1. The van der Waals surface area contributed by atoms with Crippen LogP contribution in [0.4, 0.5) is 18.9 Å². The zero-order valence-electron chi connectivity index (χ0n) is 14.1. The molecule has 0 bridgehead atoms. The molecule has 3 rings (SSSR count). The Labute approximate surface area is 144 Å². The molecule has 0 saturated carbocycles. The standard InChI is InChI=1S/C18H20F3N3O/c1-23-9-10-24(15-5-3-14(4-6-15)18(19,20)21)12-16(23)13-7-8-22-17(11-13)25-2/h3-8,11,16H,9-10,12H2,1-2H3. The number of likely N-dealkylation sites (N-methyl/N-ethyl adjacent to an activating group) is 1. The van der Waals surface area contributed by atoms with Crippen LogP contribution in [-0.2, 0) is 6.18 Å². The molecule has 0 amide bonds. The van der Waals surface area contributed by atoms with Crippen LogP contribution in [0, 0.1) is 0 Å². The van der Waals surface area contributed by atoms with Gasteiger partial charge in [-0.2, -0.15) is 13.2 Å². The summed E-state index contributed by atoms with van der Waals surface area (Å²) in [6, 6.07) is 9.32. The van der Waals surface area contributed by atoms with Gasteiger partial charge in [0.2, 0.25) is 5.88 Å².